The maximum Gasteiger partial charge on any atom is 0.251 e. The Balaban J connectivity index is 0.00000462. The van der Waals surface area contributed by atoms with Crippen LogP contribution in [0.4, 0.5) is 11.4 Å². The Morgan fingerprint density at radius 2 is 1.76 bits per heavy atom. The van der Waals surface area contributed by atoms with Crippen LogP contribution in [0.25, 0.3) is 0 Å². The molecule has 0 bridgehead atoms. The van der Waals surface area contributed by atoms with Crippen molar-refractivity contribution in [2.75, 3.05) is 35.0 Å². The van der Waals surface area contributed by atoms with Gasteiger partial charge in [-0.25, -0.2) is 0 Å². The second-order valence-electron chi connectivity index (χ2n) is 11.4. The number of benzene rings is 2. The summed E-state index contributed by atoms with van der Waals surface area (Å²) in [6, 6.07) is 14.8. The molecule has 4 rings (SSSR count). The lowest BCUT2D eigenvalue weighted by Gasteiger charge is -2.47. The molecular formula is C31H49ClN4O4S. The van der Waals surface area contributed by atoms with Crippen molar-refractivity contribution in [3.05, 3.63) is 59.7 Å². The van der Waals surface area contributed by atoms with Gasteiger partial charge in [-0.05, 0) is 69.2 Å². The van der Waals surface area contributed by atoms with Crippen molar-refractivity contribution in [3.63, 3.8) is 0 Å². The van der Waals surface area contributed by atoms with Crippen molar-refractivity contribution in [1.82, 2.24) is 10.6 Å². The number of nitrogens with zero attached hydrogens (tertiary/aromatic N) is 1. The summed E-state index contributed by atoms with van der Waals surface area (Å²) in [5, 5.41) is 21.5. The second-order valence-corrected chi connectivity index (χ2v) is 13.5. The predicted octanol–water partition coefficient (Wildman–Crippen LogP) is 6.21. The van der Waals surface area contributed by atoms with Gasteiger partial charge in [0.15, 0.2) is 0 Å². The van der Waals surface area contributed by atoms with Crippen LogP contribution in [0.3, 0.4) is 0 Å². The Kier molecular flexibility index (Phi) is 12.6. The molecule has 1 aliphatic heterocycles. The number of carbonyl (C=O) groups is 1. The quantitative estimate of drug-likeness (QED) is 0.170. The molecule has 1 amide bonds. The van der Waals surface area contributed by atoms with E-state index in [2.05, 4.69) is 22.9 Å². The van der Waals surface area contributed by atoms with Crippen LogP contribution in [0.5, 0.6) is 0 Å². The topological polar surface area (TPSA) is 117 Å². The summed E-state index contributed by atoms with van der Waals surface area (Å²) in [6.07, 6.45) is 8.26. The van der Waals surface area contributed by atoms with E-state index in [4.69, 9.17) is 0 Å². The van der Waals surface area contributed by atoms with E-state index in [-0.39, 0.29) is 23.9 Å². The average Bonchev–Trinajstić information content (AvgIpc) is 2.96. The normalized spacial score (nSPS) is 20.3. The number of β-amino-alcohol motifs (C(OH)–C–C–N with tert-alkyl or cyclic N) is 1. The third-order valence-electron chi connectivity index (χ3n) is 8.48. The molecule has 2 aromatic rings. The molecular weight excluding hydrogens is 560 g/mol. The van der Waals surface area contributed by atoms with Crippen LogP contribution >= 0.6 is 23.2 Å². The van der Waals surface area contributed by atoms with Crippen molar-refractivity contribution in [2.45, 2.75) is 89.3 Å². The number of nitrogens with one attached hydrogen (secondary N) is 3. The van der Waals surface area contributed by atoms with Gasteiger partial charge in [0.2, 0.25) is 0 Å². The van der Waals surface area contributed by atoms with Crippen molar-refractivity contribution >= 4 is 40.5 Å². The molecule has 1 aliphatic carbocycles. The molecule has 10 heteroatoms. The summed E-state index contributed by atoms with van der Waals surface area (Å²) in [6.45, 7) is 5.79. The summed E-state index contributed by atoms with van der Waals surface area (Å²) in [7, 11) is -2.93. The smallest absolute Gasteiger partial charge is 0.251 e. The fourth-order valence-electron chi connectivity index (χ4n) is 6.05. The van der Waals surface area contributed by atoms with Crippen molar-refractivity contribution < 1.29 is 19.0 Å². The summed E-state index contributed by atoms with van der Waals surface area (Å²) < 4.78 is 23.1. The van der Waals surface area contributed by atoms with E-state index in [0.717, 1.165) is 43.4 Å². The maximum absolute atomic E-state index is 13.7. The largest absolute Gasteiger partial charge is 0.390 e. The third kappa shape index (κ3) is 8.99. The zero-order chi connectivity index (χ0) is 28.6. The lowest BCUT2D eigenvalue weighted by atomic mass is 9.79. The van der Waals surface area contributed by atoms with Gasteiger partial charge < -0.3 is 21.1 Å². The molecule has 6 N–H and O–H groups in total. The zero-order valence-corrected chi connectivity index (χ0v) is 26.1. The number of hydrogen-bond acceptors (Lipinski definition) is 7. The number of aliphatic hydroxyl groups is 1. The minimum atomic E-state index is -2.93. The summed E-state index contributed by atoms with van der Waals surface area (Å²) in [5.41, 5.74) is 2.87. The molecule has 2 aliphatic rings. The van der Waals surface area contributed by atoms with Gasteiger partial charge in [0.25, 0.3) is 5.91 Å². The molecule has 2 fully saturated rings. The lowest BCUT2D eigenvalue weighted by Crippen LogP contribution is -2.54. The number of anilines is 2. The number of aliphatic hydroxyl groups excluding tert-OH is 1. The SMILES string of the molecule is CCNc1cc(C(=O)N[C@@H](Cc2ccccc2)[C@@H](O)CNC2(CC)CCCCC2)cc(N2CCCCS2(O)O)c1.Cl. The highest BCUT2D eigenvalue weighted by molar-refractivity contribution is 8.25. The summed E-state index contributed by atoms with van der Waals surface area (Å²) >= 11 is 0. The molecule has 0 aromatic heterocycles. The average molecular weight is 609 g/mol. The van der Waals surface area contributed by atoms with Gasteiger partial charge in [-0.2, -0.15) is 0 Å². The predicted molar refractivity (Wildman–Crippen MR) is 174 cm³/mol. The minimum absolute atomic E-state index is 0. The lowest BCUT2D eigenvalue weighted by molar-refractivity contribution is 0.0788. The first-order valence-electron chi connectivity index (χ1n) is 15.0. The van der Waals surface area contributed by atoms with Crippen LogP contribution in [0, 0.1) is 0 Å². The molecule has 41 heavy (non-hydrogen) atoms. The van der Waals surface area contributed by atoms with E-state index in [1.807, 2.05) is 43.3 Å². The number of hydrogen-bond donors (Lipinski definition) is 6. The van der Waals surface area contributed by atoms with Crippen LogP contribution in [-0.2, 0) is 6.42 Å². The number of carbonyl (C=O) groups excluding carboxylic acids is 1. The standard InChI is InChI=1S/C31H48N4O4S.ClH/c1-3-31(15-9-6-10-16-31)33-23-29(36)28(19-24-13-7-5-8-14-24)34-30(37)25-20-26(32-4-2)22-27(21-25)35-17-11-12-18-40(35,38)39;/h5,7-8,13-14,20-22,28-29,32-33,36,38-39H,3-4,6,9-12,15-19,23H2,1-2H3,(H,34,37);1H/t28-,29-;/m0./s1. The first-order valence-corrected chi connectivity index (χ1v) is 16.6. The van der Waals surface area contributed by atoms with Crippen LogP contribution in [-0.4, -0.2) is 63.2 Å². The highest BCUT2D eigenvalue weighted by Crippen LogP contribution is 2.50. The maximum atomic E-state index is 13.7. The van der Waals surface area contributed by atoms with Gasteiger partial charge in [-0.15, -0.1) is 23.2 Å². The van der Waals surface area contributed by atoms with Gasteiger partial charge in [0.05, 0.1) is 23.6 Å². The zero-order valence-electron chi connectivity index (χ0n) is 24.5. The second kappa shape index (κ2) is 15.5. The number of halogens is 1. The third-order valence-corrected chi connectivity index (χ3v) is 10.4. The van der Waals surface area contributed by atoms with Gasteiger partial charge in [0, 0.05) is 36.4 Å². The molecule has 1 saturated carbocycles. The fourth-order valence-corrected chi connectivity index (χ4v) is 7.72. The van der Waals surface area contributed by atoms with Crippen molar-refractivity contribution in [3.8, 4) is 0 Å². The van der Waals surface area contributed by atoms with E-state index < -0.39 is 22.9 Å². The monoisotopic (exact) mass is 608 g/mol. The first-order chi connectivity index (χ1) is 19.2. The van der Waals surface area contributed by atoms with Crippen LogP contribution in [0.2, 0.25) is 0 Å². The van der Waals surface area contributed by atoms with Crippen LogP contribution in [0.1, 0.15) is 81.1 Å². The van der Waals surface area contributed by atoms with Crippen molar-refractivity contribution in [2.24, 2.45) is 0 Å². The van der Waals surface area contributed by atoms with Crippen LogP contribution in [0.15, 0.2) is 48.5 Å². The Morgan fingerprint density at radius 3 is 2.41 bits per heavy atom. The van der Waals surface area contributed by atoms with E-state index in [0.29, 0.717) is 43.1 Å². The fraction of sp³-hybridized carbons (Fsp3) is 0.581. The van der Waals surface area contributed by atoms with E-state index >= 15 is 0 Å². The highest BCUT2D eigenvalue weighted by atomic mass is 35.5. The molecule has 0 unspecified atom stereocenters. The molecule has 2 aromatic carbocycles. The highest BCUT2D eigenvalue weighted by Gasteiger charge is 2.32. The number of amides is 1. The minimum Gasteiger partial charge on any atom is -0.390 e. The van der Waals surface area contributed by atoms with Crippen molar-refractivity contribution in [1.29, 1.82) is 0 Å². The number of rotatable bonds is 12. The van der Waals surface area contributed by atoms with Gasteiger partial charge in [-0.1, -0.05) is 56.5 Å². The Bertz CT molecular complexity index is 1100. The van der Waals surface area contributed by atoms with Gasteiger partial charge in [-0.3, -0.25) is 18.2 Å². The van der Waals surface area contributed by atoms with E-state index in [1.165, 1.54) is 19.3 Å². The van der Waals surface area contributed by atoms with Gasteiger partial charge >= 0.3 is 0 Å². The van der Waals surface area contributed by atoms with Crippen LogP contribution < -0.4 is 20.3 Å². The van der Waals surface area contributed by atoms with Gasteiger partial charge in [0.1, 0.15) is 0 Å². The molecule has 8 nitrogen and oxygen atoms in total. The molecule has 1 heterocycles. The first kappa shape index (κ1) is 33.5. The molecule has 1 saturated heterocycles. The Labute approximate surface area is 253 Å². The summed E-state index contributed by atoms with van der Waals surface area (Å²) in [5.74, 6) is 0.0368. The Hall–Kier alpha value is -2.01. The van der Waals surface area contributed by atoms with E-state index in [9.17, 15) is 19.0 Å². The molecule has 0 radical (unpaired) electrons. The molecule has 230 valence electrons. The van der Waals surface area contributed by atoms with E-state index in [1.54, 1.807) is 16.4 Å². The molecule has 0 spiro atoms. The summed E-state index contributed by atoms with van der Waals surface area (Å²) in [4.78, 5) is 13.7. The molecule has 2 atom stereocenters. The Morgan fingerprint density at radius 1 is 1.02 bits per heavy atom.